The molecule has 0 aliphatic heterocycles. The molecule has 2 rings (SSSR count). The first-order chi connectivity index (χ1) is 8.66. The van der Waals surface area contributed by atoms with Crippen LogP contribution in [-0.4, -0.2) is 6.04 Å². The summed E-state index contributed by atoms with van der Waals surface area (Å²) in [6, 6.07) is 9.67. The maximum atomic E-state index is 3.77. The monoisotopic (exact) mass is 309 g/mol. The molecule has 1 nitrogen and oxygen atoms in total. The molecular formula is C16H24BrN. The average molecular weight is 310 g/mol. The molecule has 0 amide bonds. The molecule has 1 saturated carbocycles. The number of halogens is 1. The maximum Gasteiger partial charge on any atom is 0.0294 e. The first-order valence-electron chi connectivity index (χ1n) is 7.18. The van der Waals surface area contributed by atoms with Gasteiger partial charge in [-0.1, -0.05) is 47.3 Å². The molecule has 0 saturated heterocycles. The fourth-order valence-corrected chi connectivity index (χ4v) is 3.45. The second-order valence-corrected chi connectivity index (χ2v) is 6.55. The van der Waals surface area contributed by atoms with Gasteiger partial charge in [0.05, 0.1) is 0 Å². The summed E-state index contributed by atoms with van der Waals surface area (Å²) in [5, 5.41) is 3.77. The molecule has 1 N–H and O–H groups in total. The van der Waals surface area contributed by atoms with E-state index < -0.39 is 0 Å². The van der Waals surface area contributed by atoms with Gasteiger partial charge in [-0.3, -0.25) is 0 Å². The highest BCUT2D eigenvalue weighted by Gasteiger charge is 2.21. The van der Waals surface area contributed by atoms with Crippen LogP contribution in [0.2, 0.25) is 0 Å². The number of hydrogen-bond acceptors (Lipinski definition) is 1. The van der Waals surface area contributed by atoms with Crippen LogP contribution in [0.1, 0.15) is 57.6 Å². The van der Waals surface area contributed by atoms with Gasteiger partial charge in [0.1, 0.15) is 0 Å². The zero-order valence-corrected chi connectivity index (χ0v) is 13.0. The summed E-state index contributed by atoms with van der Waals surface area (Å²) in [6.07, 6.45) is 7.08. The van der Waals surface area contributed by atoms with Crippen molar-refractivity contribution in [2.24, 2.45) is 5.92 Å². The van der Waals surface area contributed by atoms with Gasteiger partial charge in [0.2, 0.25) is 0 Å². The minimum atomic E-state index is 0.430. The van der Waals surface area contributed by atoms with E-state index in [9.17, 15) is 0 Å². The lowest BCUT2D eigenvalue weighted by molar-refractivity contribution is 0.268. The van der Waals surface area contributed by atoms with Crippen LogP contribution in [0.5, 0.6) is 0 Å². The molecule has 2 atom stereocenters. The van der Waals surface area contributed by atoms with Gasteiger partial charge in [0, 0.05) is 16.6 Å². The van der Waals surface area contributed by atoms with Crippen molar-refractivity contribution in [2.75, 3.05) is 0 Å². The van der Waals surface area contributed by atoms with Gasteiger partial charge >= 0.3 is 0 Å². The van der Waals surface area contributed by atoms with E-state index in [1.54, 1.807) is 0 Å². The highest BCUT2D eigenvalue weighted by atomic mass is 79.9. The lowest BCUT2D eigenvalue weighted by Crippen LogP contribution is -2.36. The van der Waals surface area contributed by atoms with Crippen LogP contribution >= 0.6 is 15.9 Å². The Morgan fingerprint density at radius 3 is 2.56 bits per heavy atom. The zero-order chi connectivity index (χ0) is 13.0. The Morgan fingerprint density at radius 1 is 1.17 bits per heavy atom. The minimum absolute atomic E-state index is 0.430. The predicted molar refractivity (Wildman–Crippen MR) is 81.7 cm³/mol. The van der Waals surface area contributed by atoms with E-state index in [-0.39, 0.29) is 0 Å². The molecule has 1 unspecified atom stereocenters. The SMILES string of the molecule is CC(N[C@H](C)c1cccc(Br)c1)C1CCCCC1. The lowest BCUT2D eigenvalue weighted by Gasteiger charge is -2.30. The second-order valence-electron chi connectivity index (χ2n) is 5.63. The number of benzene rings is 1. The highest BCUT2D eigenvalue weighted by molar-refractivity contribution is 9.10. The Morgan fingerprint density at radius 2 is 1.89 bits per heavy atom. The molecule has 1 aliphatic carbocycles. The molecule has 1 aromatic carbocycles. The molecule has 0 bridgehead atoms. The van der Waals surface area contributed by atoms with Gasteiger partial charge in [-0.05, 0) is 50.3 Å². The van der Waals surface area contributed by atoms with Gasteiger partial charge in [-0.25, -0.2) is 0 Å². The Hall–Kier alpha value is -0.340. The Balaban J connectivity index is 1.91. The van der Waals surface area contributed by atoms with Gasteiger partial charge in [0.25, 0.3) is 0 Å². The van der Waals surface area contributed by atoms with Gasteiger partial charge in [-0.2, -0.15) is 0 Å². The lowest BCUT2D eigenvalue weighted by atomic mass is 9.84. The molecule has 100 valence electrons. The topological polar surface area (TPSA) is 12.0 Å². The molecule has 2 heteroatoms. The van der Waals surface area contributed by atoms with Crippen LogP contribution in [0.4, 0.5) is 0 Å². The largest absolute Gasteiger partial charge is 0.307 e. The third-order valence-corrected chi connectivity index (χ3v) is 4.71. The normalized spacial score (nSPS) is 20.6. The smallest absolute Gasteiger partial charge is 0.0294 e. The van der Waals surface area contributed by atoms with E-state index in [4.69, 9.17) is 0 Å². The third-order valence-electron chi connectivity index (χ3n) is 4.22. The van der Waals surface area contributed by atoms with Crippen LogP contribution in [0.3, 0.4) is 0 Å². The van der Waals surface area contributed by atoms with Crippen molar-refractivity contribution in [3.05, 3.63) is 34.3 Å². The van der Waals surface area contributed by atoms with E-state index in [2.05, 4.69) is 59.4 Å². The summed E-state index contributed by atoms with van der Waals surface area (Å²) in [5.41, 5.74) is 1.37. The Labute approximate surface area is 119 Å². The van der Waals surface area contributed by atoms with Crippen LogP contribution in [0.15, 0.2) is 28.7 Å². The van der Waals surface area contributed by atoms with E-state index in [0.717, 1.165) is 5.92 Å². The molecule has 0 radical (unpaired) electrons. The average Bonchev–Trinajstić information content (AvgIpc) is 2.39. The number of rotatable bonds is 4. The molecule has 0 aromatic heterocycles. The summed E-state index contributed by atoms with van der Waals surface area (Å²) in [4.78, 5) is 0. The van der Waals surface area contributed by atoms with E-state index in [0.29, 0.717) is 12.1 Å². The Kier molecular flexibility index (Phi) is 5.25. The summed E-state index contributed by atoms with van der Waals surface area (Å²) >= 11 is 3.55. The quantitative estimate of drug-likeness (QED) is 0.819. The van der Waals surface area contributed by atoms with Crippen molar-refractivity contribution in [3.63, 3.8) is 0 Å². The van der Waals surface area contributed by atoms with Gasteiger partial charge < -0.3 is 5.32 Å². The van der Waals surface area contributed by atoms with Crippen molar-refractivity contribution in [1.82, 2.24) is 5.32 Å². The van der Waals surface area contributed by atoms with Gasteiger partial charge in [0.15, 0.2) is 0 Å². The van der Waals surface area contributed by atoms with Crippen molar-refractivity contribution in [3.8, 4) is 0 Å². The fourth-order valence-electron chi connectivity index (χ4n) is 3.04. The second kappa shape index (κ2) is 6.72. The standard InChI is InChI=1S/C16H24BrN/c1-12(14-7-4-3-5-8-14)18-13(2)15-9-6-10-16(17)11-15/h6,9-14,18H,3-5,7-8H2,1-2H3/t12?,13-/m1/s1. The predicted octanol–water partition coefficient (Wildman–Crippen LogP) is 5.07. The first-order valence-corrected chi connectivity index (χ1v) is 7.97. The maximum absolute atomic E-state index is 3.77. The molecule has 1 fully saturated rings. The van der Waals surface area contributed by atoms with Crippen LogP contribution < -0.4 is 5.32 Å². The molecule has 1 aromatic rings. The summed E-state index contributed by atoms with van der Waals surface area (Å²) < 4.78 is 1.17. The van der Waals surface area contributed by atoms with E-state index in [1.807, 2.05) is 0 Å². The van der Waals surface area contributed by atoms with Crippen molar-refractivity contribution in [2.45, 2.75) is 58.0 Å². The highest BCUT2D eigenvalue weighted by Crippen LogP contribution is 2.28. The molecule has 1 aliphatic rings. The van der Waals surface area contributed by atoms with Crippen molar-refractivity contribution < 1.29 is 0 Å². The van der Waals surface area contributed by atoms with Crippen LogP contribution in [0.25, 0.3) is 0 Å². The molecule has 18 heavy (non-hydrogen) atoms. The summed E-state index contributed by atoms with van der Waals surface area (Å²) in [5.74, 6) is 0.869. The van der Waals surface area contributed by atoms with E-state index >= 15 is 0 Å². The van der Waals surface area contributed by atoms with Crippen LogP contribution in [-0.2, 0) is 0 Å². The third kappa shape index (κ3) is 3.83. The van der Waals surface area contributed by atoms with Crippen molar-refractivity contribution >= 4 is 15.9 Å². The number of hydrogen-bond donors (Lipinski definition) is 1. The summed E-state index contributed by atoms with van der Waals surface area (Å²) in [7, 11) is 0. The molecule has 0 spiro atoms. The first kappa shape index (κ1) is 14.1. The van der Waals surface area contributed by atoms with Crippen molar-refractivity contribution in [1.29, 1.82) is 0 Å². The van der Waals surface area contributed by atoms with E-state index in [1.165, 1.54) is 42.1 Å². The summed E-state index contributed by atoms with van der Waals surface area (Å²) in [6.45, 7) is 4.62. The van der Waals surface area contributed by atoms with Gasteiger partial charge in [-0.15, -0.1) is 0 Å². The Bertz CT molecular complexity index is 371. The fraction of sp³-hybridized carbons (Fsp3) is 0.625. The van der Waals surface area contributed by atoms with Crippen LogP contribution in [0, 0.1) is 5.92 Å². The molecular weight excluding hydrogens is 286 g/mol. The number of nitrogens with one attached hydrogen (secondary N) is 1. The minimum Gasteiger partial charge on any atom is -0.307 e. The molecule has 0 heterocycles. The zero-order valence-electron chi connectivity index (χ0n) is 11.5.